The fourth-order valence-corrected chi connectivity index (χ4v) is 2.51. The SMILES string of the molecule is CCNC(=NCc1cccc(F)c1)NCC(NC(=O)OCC)C1CC1.I. The first-order valence-corrected chi connectivity index (χ1v) is 8.82. The van der Waals surface area contributed by atoms with Crippen molar-refractivity contribution in [2.24, 2.45) is 10.9 Å². The Bertz CT molecular complexity index is 596. The Morgan fingerprint density at radius 1 is 1.35 bits per heavy atom. The number of hydrogen-bond acceptors (Lipinski definition) is 3. The summed E-state index contributed by atoms with van der Waals surface area (Å²) in [5, 5.41) is 9.31. The number of rotatable bonds is 8. The van der Waals surface area contributed by atoms with Crippen LogP contribution in [0, 0.1) is 11.7 Å². The summed E-state index contributed by atoms with van der Waals surface area (Å²) in [5.74, 6) is 0.851. The van der Waals surface area contributed by atoms with Gasteiger partial charge in [0, 0.05) is 13.1 Å². The third kappa shape index (κ3) is 8.20. The molecule has 0 spiro atoms. The molecular formula is C18H28FIN4O2. The van der Waals surface area contributed by atoms with E-state index in [2.05, 4.69) is 20.9 Å². The molecular weight excluding hydrogens is 450 g/mol. The Morgan fingerprint density at radius 2 is 2.12 bits per heavy atom. The van der Waals surface area contributed by atoms with E-state index in [0.29, 0.717) is 38.1 Å². The van der Waals surface area contributed by atoms with Crippen molar-refractivity contribution in [1.82, 2.24) is 16.0 Å². The third-order valence-corrected chi connectivity index (χ3v) is 3.91. The zero-order chi connectivity index (χ0) is 18.1. The highest BCUT2D eigenvalue weighted by molar-refractivity contribution is 14.0. The Hall–Kier alpha value is -1.58. The molecule has 0 radical (unpaired) electrons. The van der Waals surface area contributed by atoms with Crippen LogP contribution in [-0.4, -0.2) is 37.8 Å². The number of alkyl carbamates (subject to hydrolysis) is 1. The van der Waals surface area contributed by atoms with Gasteiger partial charge in [0.15, 0.2) is 5.96 Å². The average molecular weight is 478 g/mol. The number of aliphatic imine (C=N–C) groups is 1. The first-order chi connectivity index (χ1) is 12.1. The van der Waals surface area contributed by atoms with E-state index in [-0.39, 0.29) is 41.9 Å². The van der Waals surface area contributed by atoms with Crippen molar-refractivity contribution in [2.75, 3.05) is 19.7 Å². The normalized spacial score (nSPS) is 14.8. The largest absolute Gasteiger partial charge is 0.450 e. The van der Waals surface area contributed by atoms with Crippen molar-refractivity contribution in [3.63, 3.8) is 0 Å². The minimum absolute atomic E-state index is 0. The fourth-order valence-electron chi connectivity index (χ4n) is 2.51. The van der Waals surface area contributed by atoms with Gasteiger partial charge in [-0.25, -0.2) is 14.2 Å². The second-order valence-corrected chi connectivity index (χ2v) is 6.01. The van der Waals surface area contributed by atoms with Gasteiger partial charge in [0.1, 0.15) is 5.82 Å². The van der Waals surface area contributed by atoms with E-state index >= 15 is 0 Å². The molecule has 1 unspecified atom stereocenters. The van der Waals surface area contributed by atoms with Gasteiger partial charge in [0.2, 0.25) is 0 Å². The summed E-state index contributed by atoms with van der Waals surface area (Å²) >= 11 is 0. The molecule has 1 amide bonds. The second-order valence-electron chi connectivity index (χ2n) is 6.01. The molecule has 0 aromatic heterocycles. The maximum atomic E-state index is 13.2. The van der Waals surface area contributed by atoms with Gasteiger partial charge in [-0.15, -0.1) is 24.0 Å². The average Bonchev–Trinajstić information content (AvgIpc) is 3.41. The van der Waals surface area contributed by atoms with Crippen LogP contribution in [0.5, 0.6) is 0 Å². The summed E-state index contributed by atoms with van der Waals surface area (Å²) in [7, 11) is 0. The van der Waals surface area contributed by atoms with Crippen LogP contribution >= 0.6 is 24.0 Å². The lowest BCUT2D eigenvalue weighted by atomic mass is 10.2. The Kier molecular flexibility index (Phi) is 10.3. The molecule has 1 saturated carbocycles. The number of carbonyl (C=O) groups excluding carboxylic acids is 1. The topological polar surface area (TPSA) is 74.8 Å². The lowest BCUT2D eigenvalue weighted by Crippen LogP contribution is -2.48. The minimum Gasteiger partial charge on any atom is -0.450 e. The lowest BCUT2D eigenvalue weighted by molar-refractivity contribution is 0.146. The van der Waals surface area contributed by atoms with E-state index < -0.39 is 0 Å². The number of nitrogens with one attached hydrogen (secondary N) is 3. The van der Waals surface area contributed by atoms with Crippen LogP contribution in [0.3, 0.4) is 0 Å². The number of benzene rings is 1. The minimum atomic E-state index is -0.386. The fraction of sp³-hybridized carbons (Fsp3) is 0.556. The quantitative estimate of drug-likeness (QED) is 0.305. The smallest absolute Gasteiger partial charge is 0.407 e. The molecule has 1 atom stereocenters. The predicted molar refractivity (Wildman–Crippen MR) is 111 cm³/mol. The maximum absolute atomic E-state index is 13.2. The highest BCUT2D eigenvalue weighted by Gasteiger charge is 2.32. The molecule has 2 rings (SSSR count). The van der Waals surface area contributed by atoms with Crippen LogP contribution < -0.4 is 16.0 Å². The zero-order valence-electron chi connectivity index (χ0n) is 15.3. The van der Waals surface area contributed by atoms with Crippen molar-refractivity contribution in [1.29, 1.82) is 0 Å². The molecule has 1 aliphatic carbocycles. The van der Waals surface area contributed by atoms with Crippen molar-refractivity contribution in [3.8, 4) is 0 Å². The first kappa shape index (κ1) is 22.5. The Morgan fingerprint density at radius 3 is 2.73 bits per heavy atom. The summed E-state index contributed by atoms with van der Waals surface area (Å²) in [6.45, 7) is 5.79. The molecule has 0 heterocycles. The van der Waals surface area contributed by atoms with Crippen LogP contribution in [0.2, 0.25) is 0 Å². The number of nitrogens with zero attached hydrogens (tertiary/aromatic N) is 1. The summed E-state index contributed by atoms with van der Waals surface area (Å²) in [4.78, 5) is 16.1. The number of ether oxygens (including phenoxy) is 1. The van der Waals surface area contributed by atoms with E-state index in [1.807, 2.05) is 13.0 Å². The summed E-state index contributed by atoms with van der Waals surface area (Å²) in [5.41, 5.74) is 0.806. The summed E-state index contributed by atoms with van der Waals surface area (Å²) in [6, 6.07) is 6.41. The van der Waals surface area contributed by atoms with Crippen molar-refractivity contribution < 1.29 is 13.9 Å². The van der Waals surface area contributed by atoms with Gasteiger partial charge in [0.25, 0.3) is 0 Å². The molecule has 8 heteroatoms. The predicted octanol–water partition coefficient (Wildman–Crippen LogP) is 3.02. The van der Waals surface area contributed by atoms with Gasteiger partial charge >= 0.3 is 6.09 Å². The number of guanidine groups is 1. The van der Waals surface area contributed by atoms with Gasteiger partial charge in [-0.3, -0.25) is 0 Å². The third-order valence-electron chi connectivity index (χ3n) is 3.91. The Balaban J connectivity index is 0.00000338. The maximum Gasteiger partial charge on any atom is 0.407 e. The standard InChI is InChI=1S/C18H27FN4O2.HI/c1-3-20-17(21-11-13-6-5-7-15(19)10-13)22-12-16(14-8-9-14)23-18(24)25-4-2;/h5-7,10,14,16H,3-4,8-9,11-12H2,1-2H3,(H,23,24)(H2,20,21,22);1H. The lowest BCUT2D eigenvalue weighted by Gasteiger charge is -2.20. The zero-order valence-corrected chi connectivity index (χ0v) is 17.6. The van der Waals surface area contributed by atoms with E-state index in [4.69, 9.17) is 4.74 Å². The van der Waals surface area contributed by atoms with Crippen molar-refractivity contribution in [3.05, 3.63) is 35.6 Å². The van der Waals surface area contributed by atoms with Crippen LogP contribution in [0.4, 0.5) is 9.18 Å². The van der Waals surface area contributed by atoms with Crippen LogP contribution in [-0.2, 0) is 11.3 Å². The molecule has 3 N–H and O–H groups in total. The van der Waals surface area contributed by atoms with E-state index in [9.17, 15) is 9.18 Å². The van der Waals surface area contributed by atoms with E-state index in [1.165, 1.54) is 12.1 Å². The summed E-state index contributed by atoms with van der Waals surface area (Å²) in [6.07, 6.45) is 1.83. The van der Waals surface area contributed by atoms with Crippen LogP contribution in [0.1, 0.15) is 32.3 Å². The Labute approximate surface area is 171 Å². The van der Waals surface area contributed by atoms with Gasteiger partial charge in [-0.2, -0.15) is 0 Å². The number of hydrogen-bond donors (Lipinski definition) is 3. The molecule has 0 saturated heterocycles. The van der Waals surface area contributed by atoms with Crippen molar-refractivity contribution in [2.45, 2.75) is 39.3 Å². The van der Waals surface area contributed by atoms with Gasteiger partial charge in [-0.05, 0) is 50.3 Å². The van der Waals surface area contributed by atoms with E-state index in [1.54, 1.807) is 13.0 Å². The molecule has 1 aromatic rings. The molecule has 1 fully saturated rings. The summed E-state index contributed by atoms with van der Waals surface area (Å²) < 4.78 is 18.2. The van der Waals surface area contributed by atoms with Gasteiger partial charge in [0.05, 0.1) is 19.2 Å². The van der Waals surface area contributed by atoms with Crippen molar-refractivity contribution >= 4 is 36.0 Å². The molecule has 1 aromatic carbocycles. The first-order valence-electron chi connectivity index (χ1n) is 8.82. The number of carbonyl (C=O) groups is 1. The van der Waals surface area contributed by atoms with Gasteiger partial charge < -0.3 is 20.7 Å². The number of halogens is 2. The second kappa shape index (κ2) is 11.9. The number of amides is 1. The molecule has 26 heavy (non-hydrogen) atoms. The monoisotopic (exact) mass is 478 g/mol. The molecule has 146 valence electrons. The molecule has 1 aliphatic rings. The molecule has 0 bridgehead atoms. The van der Waals surface area contributed by atoms with Crippen LogP contribution in [0.15, 0.2) is 29.3 Å². The van der Waals surface area contributed by atoms with Crippen LogP contribution in [0.25, 0.3) is 0 Å². The van der Waals surface area contributed by atoms with Gasteiger partial charge in [-0.1, -0.05) is 12.1 Å². The molecule has 6 nitrogen and oxygen atoms in total. The van der Waals surface area contributed by atoms with E-state index in [0.717, 1.165) is 18.4 Å². The highest BCUT2D eigenvalue weighted by atomic mass is 127. The highest BCUT2D eigenvalue weighted by Crippen LogP contribution is 2.32. The molecule has 0 aliphatic heterocycles.